The van der Waals surface area contributed by atoms with Crippen molar-refractivity contribution in [2.45, 2.75) is 19.4 Å². The Morgan fingerprint density at radius 3 is 2.48 bits per heavy atom. The van der Waals surface area contributed by atoms with Crippen LogP contribution in [-0.4, -0.2) is 49.2 Å². The average molecular weight is 310 g/mol. The average Bonchev–Trinajstić information content (AvgIpc) is 2.80. The zero-order valence-corrected chi connectivity index (χ0v) is 12.6. The Morgan fingerprint density at radius 1 is 1.29 bits per heavy atom. The topological polar surface area (TPSA) is 83.6 Å². The Balaban J connectivity index is 2.05. The molecular formula is C14H18N2O4S. The van der Waals surface area contributed by atoms with E-state index in [0.717, 1.165) is 0 Å². The molecule has 1 aliphatic rings. The normalized spacial score (nSPS) is 20.0. The van der Waals surface area contributed by atoms with Crippen LogP contribution in [0.4, 0.5) is 5.69 Å². The molecule has 6 nitrogen and oxygen atoms in total. The number of carbonyl (C=O) groups is 2. The Kier molecular flexibility index (Phi) is 4.62. The first kappa shape index (κ1) is 15.5. The molecule has 7 heteroatoms. The summed E-state index contributed by atoms with van der Waals surface area (Å²) in [6, 6.07) is 8.26. The highest BCUT2D eigenvalue weighted by Gasteiger charge is 2.35. The Hall–Kier alpha value is -1.89. The van der Waals surface area contributed by atoms with E-state index in [1.807, 2.05) is 0 Å². The first-order chi connectivity index (χ1) is 9.93. The first-order valence-electron chi connectivity index (χ1n) is 6.80. The summed E-state index contributed by atoms with van der Waals surface area (Å²) in [5, 5.41) is 2.52. The van der Waals surface area contributed by atoms with Crippen LogP contribution in [0.1, 0.15) is 13.3 Å². The SMILES string of the molecule is CCN(C(=O)C(=O)Nc1ccccc1)C1CCS(=O)(=O)C1. The van der Waals surface area contributed by atoms with Crippen LogP contribution < -0.4 is 5.32 Å². The van der Waals surface area contributed by atoms with Crippen LogP contribution in [0.5, 0.6) is 0 Å². The lowest BCUT2D eigenvalue weighted by molar-refractivity contribution is -0.144. The van der Waals surface area contributed by atoms with E-state index in [1.54, 1.807) is 37.3 Å². The highest BCUT2D eigenvalue weighted by atomic mass is 32.2. The molecule has 0 radical (unpaired) electrons. The van der Waals surface area contributed by atoms with E-state index < -0.39 is 27.7 Å². The maximum atomic E-state index is 12.2. The molecule has 1 heterocycles. The van der Waals surface area contributed by atoms with Gasteiger partial charge in [0.25, 0.3) is 0 Å². The van der Waals surface area contributed by atoms with Gasteiger partial charge in [-0.05, 0) is 25.5 Å². The van der Waals surface area contributed by atoms with Gasteiger partial charge >= 0.3 is 11.8 Å². The maximum absolute atomic E-state index is 12.2. The van der Waals surface area contributed by atoms with Crippen molar-refractivity contribution in [2.75, 3.05) is 23.4 Å². The summed E-state index contributed by atoms with van der Waals surface area (Å²) in [5.41, 5.74) is 0.533. The van der Waals surface area contributed by atoms with Crippen LogP contribution in [0.25, 0.3) is 0 Å². The van der Waals surface area contributed by atoms with Gasteiger partial charge < -0.3 is 10.2 Å². The molecule has 0 spiro atoms. The van der Waals surface area contributed by atoms with E-state index in [4.69, 9.17) is 0 Å². The smallest absolute Gasteiger partial charge is 0.313 e. The van der Waals surface area contributed by atoms with Crippen LogP contribution in [0.2, 0.25) is 0 Å². The second-order valence-corrected chi connectivity index (χ2v) is 7.20. The van der Waals surface area contributed by atoms with Crippen molar-refractivity contribution in [3.63, 3.8) is 0 Å². The minimum atomic E-state index is -3.09. The largest absolute Gasteiger partial charge is 0.331 e. The van der Waals surface area contributed by atoms with Crippen LogP contribution in [0.3, 0.4) is 0 Å². The van der Waals surface area contributed by atoms with Gasteiger partial charge in [-0.1, -0.05) is 18.2 Å². The third kappa shape index (κ3) is 3.81. The van der Waals surface area contributed by atoms with Gasteiger partial charge in [0.15, 0.2) is 9.84 Å². The van der Waals surface area contributed by atoms with Gasteiger partial charge in [-0.3, -0.25) is 9.59 Å². The summed E-state index contributed by atoms with van der Waals surface area (Å²) in [5.74, 6) is -1.43. The predicted octanol–water partition coefficient (Wildman–Crippen LogP) is 0.661. The van der Waals surface area contributed by atoms with Gasteiger partial charge in [-0.25, -0.2) is 8.42 Å². The van der Waals surface area contributed by atoms with E-state index in [9.17, 15) is 18.0 Å². The van der Waals surface area contributed by atoms with E-state index in [0.29, 0.717) is 18.7 Å². The molecule has 114 valence electrons. The fraction of sp³-hybridized carbons (Fsp3) is 0.429. The highest BCUT2D eigenvalue weighted by molar-refractivity contribution is 7.91. The summed E-state index contributed by atoms with van der Waals surface area (Å²) in [7, 11) is -3.09. The van der Waals surface area contributed by atoms with E-state index in [2.05, 4.69) is 5.32 Å². The molecule has 0 aliphatic carbocycles. The molecule has 0 saturated carbocycles. The van der Waals surface area contributed by atoms with Crippen molar-refractivity contribution in [3.05, 3.63) is 30.3 Å². The van der Waals surface area contributed by atoms with E-state index in [1.165, 1.54) is 4.90 Å². The van der Waals surface area contributed by atoms with E-state index in [-0.39, 0.29) is 11.5 Å². The second kappa shape index (κ2) is 6.26. The monoisotopic (exact) mass is 310 g/mol. The predicted molar refractivity (Wildman–Crippen MR) is 79.5 cm³/mol. The molecule has 1 saturated heterocycles. The lowest BCUT2D eigenvalue weighted by Gasteiger charge is -2.26. The molecule has 1 N–H and O–H groups in total. The molecule has 0 aromatic heterocycles. The van der Waals surface area contributed by atoms with Crippen molar-refractivity contribution >= 4 is 27.3 Å². The molecule has 1 unspecified atom stereocenters. The molecule has 1 aliphatic heterocycles. The molecule has 0 bridgehead atoms. The van der Waals surface area contributed by atoms with Crippen LogP contribution in [0, 0.1) is 0 Å². The van der Waals surface area contributed by atoms with Gasteiger partial charge in [-0.15, -0.1) is 0 Å². The highest BCUT2D eigenvalue weighted by Crippen LogP contribution is 2.18. The molecule has 1 fully saturated rings. The number of carbonyl (C=O) groups excluding carboxylic acids is 2. The molecule has 21 heavy (non-hydrogen) atoms. The third-order valence-corrected chi connectivity index (χ3v) is 5.23. The molecule has 1 aromatic rings. The Bertz CT molecular complexity index is 628. The van der Waals surface area contributed by atoms with Crippen molar-refractivity contribution in [1.29, 1.82) is 0 Å². The number of rotatable bonds is 3. The zero-order chi connectivity index (χ0) is 15.5. The minimum Gasteiger partial charge on any atom is -0.331 e. The van der Waals surface area contributed by atoms with Crippen LogP contribution in [0.15, 0.2) is 30.3 Å². The van der Waals surface area contributed by atoms with Crippen molar-refractivity contribution in [2.24, 2.45) is 0 Å². The minimum absolute atomic E-state index is 0.0643. The second-order valence-electron chi connectivity index (χ2n) is 4.97. The number of hydrogen-bond acceptors (Lipinski definition) is 4. The Labute approximate surface area is 124 Å². The standard InChI is InChI=1S/C14H18N2O4S/c1-2-16(12-8-9-21(19,20)10-12)14(18)13(17)15-11-6-4-3-5-7-11/h3-7,12H,2,8-10H2,1H3,(H,15,17). The molecule has 1 atom stereocenters. The first-order valence-corrected chi connectivity index (χ1v) is 8.62. The fourth-order valence-corrected chi connectivity index (χ4v) is 4.16. The van der Waals surface area contributed by atoms with Crippen molar-refractivity contribution in [3.8, 4) is 0 Å². The number of likely N-dealkylation sites (N-methyl/N-ethyl adjacent to an activating group) is 1. The number of amides is 2. The summed E-state index contributed by atoms with van der Waals surface area (Å²) in [6.45, 7) is 2.04. The van der Waals surface area contributed by atoms with Crippen LogP contribution >= 0.6 is 0 Å². The lowest BCUT2D eigenvalue weighted by atomic mass is 10.2. The third-order valence-electron chi connectivity index (χ3n) is 3.48. The van der Waals surface area contributed by atoms with Crippen LogP contribution in [-0.2, 0) is 19.4 Å². The quantitative estimate of drug-likeness (QED) is 0.831. The summed E-state index contributed by atoms with van der Waals surface area (Å²) >= 11 is 0. The lowest BCUT2D eigenvalue weighted by Crippen LogP contribution is -2.46. The summed E-state index contributed by atoms with van der Waals surface area (Å²) < 4.78 is 23.0. The van der Waals surface area contributed by atoms with Gasteiger partial charge in [-0.2, -0.15) is 0 Å². The zero-order valence-electron chi connectivity index (χ0n) is 11.8. The Morgan fingerprint density at radius 2 is 1.95 bits per heavy atom. The number of sulfone groups is 1. The molecule has 2 rings (SSSR count). The number of para-hydroxylation sites is 1. The molecular weight excluding hydrogens is 292 g/mol. The number of benzene rings is 1. The molecule has 1 aromatic carbocycles. The fourth-order valence-electron chi connectivity index (χ4n) is 2.43. The van der Waals surface area contributed by atoms with Gasteiger partial charge in [0, 0.05) is 18.3 Å². The summed E-state index contributed by atoms with van der Waals surface area (Å²) in [4.78, 5) is 25.5. The molecule has 2 amide bonds. The number of nitrogens with one attached hydrogen (secondary N) is 1. The number of hydrogen-bond donors (Lipinski definition) is 1. The van der Waals surface area contributed by atoms with Gasteiger partial charge in [0.2, 0.25) is 0 Å². The van der Waals surface area contributed by atoms with Crippen molar-refractivity contribution < 1.29 is 18.0 Å². The van der Waals surface area contributed by atoms with Gasteiger partial charge in [0.05, 0.1) is 11.5 Å². The van der Waals surface area contributed by atoms with Crippen molar-refractivity contribution in [1.82, 2.24) is 4.90 Å². The summed E-state index contributed by atoms with van der Waals surface area (Å²) in [6.07, 6.45) is 0.389. The van der Waals surface area contributed by atoms with E-state index >= 15 is 0 Å². The number of anilines is 1. The number of nitrogens with zero attached hydrogens (tertiary/aromatic N) is 1. The van der Waals surface area contributed by atoms with Gasteiger partial charge in [0.1, 0.15) is 0 Å². The maximum Gasteiger partial charge on any atom is 0.313 e.